The van der Waals surface area contributed by atoms with Crippen molar-refractivity contribution in [1.82, 2.24) is 10.2 Å². The van der Waals surface area contributed by atoms with Crippen molar-refractivity contribution in [2.75, 3.05) is 44.7 Å². The molecule has 1 aromatic heterocycles. The molecule has 0 bridgehead atoms. The summed E-state index contributed by atoms with van der Waals surface area (Å²) in [6.07, 6.45) is 0.859. The van der Waals surface area contributed by atoms with Crippen LogP contribution in [0.5, 0.6) is 0 Å². The highest BCUT2D eigenvalue weighted by Gasteiger charge is 2.19. The van der Waals surface area contributed by atoms with Gasteiger partial charge in [-0.05, 0) is 31.2 Å². The van der Waals surface area contributed by atoms with Gasteiger partial charge in [-0.3, -0.25) is 14.5 Å². The smallest absolute Gasteiger partial charge is 0.267 e. The highest BCUT2D eigenvalue weighted by molar-refractivity contribution is 7.21. The number of morpholine rings is 1. The number of nitrogens with zero attached hydrogens (tertiary/aromatic N) is 1. The summed E-state index contributed by atoms with van der Waals surface area (Å²) in [5.74, 6) is -0.529. The molecule has 0 radical (unpaired) electrons. The third kappa shape index (κ3) is 5.25. The predicted molar refractivity (Wildman–Crippen MR) is 125 cm³/mol. The maximum absolute atomic E-state index is 12.9. The van der Waals surface area contributed by atoms with Crippen molar-refractivity contribution in [1.29, 1.82) is 0 Å². The van der Waals surface area contributed by atoms with Crippen LogP contribution in [0.3, 0.4) is 0 Å². The summed E-state index contributed by atoms with van der Waals surface area (Å²) in [6.45, 7) is 4.89. The van der Waals surface area contributed by atoms with Crippen LogP contribution in [0.4, 0.5) is 5.69 Å². The molecule has 2 N–H and O–H groups in total. The van der Waals surface area contributed by atoms with Gasteiger partial charge in [-0.1, -0.05) is 41.9 Å². The zero-order valence-electron chi connectivity index (χ0n) is 17.0. The molecule has 0 saturated carbocycles. The largest absolute Gasteiger partial charge is 0.379 e. The van der Waals surface area contributed by atoms with E-state index in [1.165, 1.54) is 11.3 Å². The normalized spacial score (nSPS) is 14.5. The summed E-state index contributed by atoms with van der Waals surface area (Å²) in [7, 11) is 0. The highest BCUT2D eigenvalue weighted by atomic mass is 35.5. The van der Waals surface area contributed by atoms with Crippen LogP contribution in [0, 0.1) is 0 Å². The number of fused-ring (bicyclic) bond motifs is 1. The number of nitrogens with one attached hydrogen (secondary N) is 2. The third-order valence-electron chi connectivity index (χ3n) is 5.20. The van der Waals surface area contributed by atoms with Gasteiger partial charge in [-0.15, -0.1) is 11.3 Å². The lowest BCUT2D eigenvalue weighted by Crippen LogP contribution is -2.38. The lowest BCUT2D eigenvalue weighted by molar-refractivity contribution is 0.0374. The SMILES string of the molecule is O=C(NCCCN1CCOCC1)c1ccccc1NC(=O)c1sc2ccccc2c1Cl. The molecular formula is C23H24ClN3O3S. The predicted octanol–water partition coefficient (Wildman–Crippen LogP) is 4.26. The van der Waals surface area contributed by atoms with Gasteiger partial charge >= 0.3 is 0 Å². The van der Waals surface area contributed by atoms with Crippen LogP contribution in [0.15, 0.2) is 48.5 Å². The molecule has 31 heavy (non-hydrogen) atoms. The van der Waals surface area contributed by atoms with Crippen molar-refractivity contribution in [3.63, 3.8) is 0 Å². The molecular weight excluding hydrogens is 434 g/mol. The molecule has 8 heteroatoms. The molecule has 2 amide bonds. The second-order valence-corrected chi connectivity index (χ2v) is 8.73. The summed E-state index contributed by atoms with van der Waals surface area (Å²) >= 11 is 7.77. The molecule has 162 valence electrons. The van der Waals surface area contributed by atoms with Gasteiger partial charge in [0.05, 0.1) is 29.5 Å². The van der Waals surface area contributed by atoms with Crippen LogP contribution in [0.1, 0.15) is 26.5 Å². The average molecular weight is 458 g/mol. The van der Waals surface area contributed by atoms with E-state index >= 15 is 0 Å². The van der Waals surface area contributed by atoms with E-state index < -0.39 is 0 Å². The van der Waals surface area contributed by atoms with Crippen molar-refractivity contribution >= 4 is 50.5 Å². The van der Waals surface area contributed by atoms with E-state index in [9.17, 15) is 9.59 Å². The van der Waals surface area contributed by atoms with E-state index in [0.717, 1.165) is 49.4 Å². The number of benzene rings is 2. The number of para-hydroxylation sites is 1. The number of carbonyl (C=O) groups excluding carboxylic acids is 2. The molecule has 0 spiro atoms. The first-order valence-corrected chi connectivity index (χ1v) is 11.5. The lowest BCUT2D eigenvalue weighted by atomic mass is 10.1. The second kappa shape index (κ2) is 10.2. The second-order valence-electron chi connectivity index (χ2n) is 7.30. The van der Waals surface area contributed by atoms with Crippen LogP contribution >= 0.6 is 22.9 Å². The molecule has 0 aliphatic carbocycles. The number of anilines is 1. The van der Waals surface area contributed by atoms with Gasteiger partial charge in [0.25, 0.3) is 11.8 Å². The summed E-state index contributed by atoms with van der Waals surface area (Å²) in [4.78, 5) is 28.4. The number of ether oxygens (including phenoxy) is 1. The Kier molecular flexibility index (Phi) is 7.19. The van der Waals surface area contributed by atoms with E-state index in [-0.39, 0.29) is 11.8 Å². The molecule has 1 fully saturated rings. The van der Waals surface area contributed by atoms with Crippen molar-refractivity contribution in [2.45, 2.75) is 6.42 Å². The standard InChI is InChI=1S/C23H24ClN3O3S/c24-20-17-7-2-4-9-19(17)31-21(20)23(29)26-18-8-3-1-6-16(18)22(28)25-10-5-11-27-12-14-30-15-13-27/h1-4,6-9H,5,10-15H2,(H,25,28)(H,26,29). The topological polar surface area (TPSA) is 70.7 Å². The molecule has 6 nitrogen and oxygen atoms in total. The van der Waals surface area contributed by atoms with Gasteiger partial charge in [0.15, 0.2) is 0 Å². The Hall–Kier alpha value is -2.45. The van der Waals surface area contributed by atoms with E-state index in [1.807, 2.05) is 24.3 Å². The minimum absolute atomic E-state index is 0.208. The Morgan fingerprint density at radius 3 is 2.58 bits per heavy atom. The Bertz CT molecular complexity index is 1080. The number of amides is 2. The summed E-state index contributed by atoms with van der Waals surface area (Å²) in [6, 6.07) is 14.6. The van der Waals surface area contributed by atoms with E-state index in [0.29, 0.717) is 27.7 Å². The minimum Gasteiger partial charge on any atom is -0.379 e. The number of hydrogen-bond donors (Lipinski definition) is 2. The number of thiophene rings is 1. The van der Waals surface area contributed by atoms with Crippen LogP contribution < -0.4 is 10.6 Å². The maximum atomic E-state index is 12.9. The average Bonchev–Trinajstić information content (AvgIpc) is 3.14. The Morgan fingerprint density at radius 2 is 1.77 bits per heavy atom. The van der Waals surface area contributed by atoms with Crippen LogP contribution in [-0.2, 0) is 4.74 Å². The van der Waals surface area contributed by atoms with Gasteiger partial charge in [0, 0.05) is 29.7 Å². The lowest BCUT2D eigenvalue weighted by Gasteiger charge is -2.26. The summed E-state index contributed by atoms with van der Waals surface area (Å²) in [5.41, 5.74) is 0.895. The summed E-state index contributed by atoms with van der Waals surface area (Å²) < 4.78 is 6.30. The molecule has 3 aromatic rings. The number of hydrogen-bond acceptors (Lipinski definition) is 5. The van der Waals surface area contributed by atoms with Crippen molar-refractivity contribution in [2.24, 2.45) is 0 Å². The van der Waals surface area contributed by atoms with E-state index in [2.05, 4.69) is 15.5 Å². The fourth-order valence-corrected chi connectivity index (χ4v) is 4.97. The summed E-state index contributed by atoms with van der Waals surface area (Å²) in [5, 5.41) is 7.09. The van der Waals surface area contributed by atoms with Crippen molar-refractivity contribution < 1.29 is 14.3 Å². The number of rotatable bonds is 7. The minimum atomic E-state index is -0.321. The first kappa shape index (κ1) is 21.8. The number of carbonyl (C=O) groups is 2. The Balaban J connectivity index is 1.38. The van der Waals surface area contributed by atoms with Crippen molar-refractivity contribution in [3.05, 3.63) is 64.0 Å². The van der Waals surface area contributed by atoms with Gasteiger partial charge < -0.3 is 15.4 Å². The monoisotopic (exact) mass is 457 g/mol. The molecule has 0 unspecified atom stereocenters. The molecule has 0 atom stereocenters. The maximum Gasteiger partial charge on any atom is 0.267 e. The van der Waals surface area contributed by atoms with Gasteiger partial charge in [0.2, 0.25) is 0 Å². The fraction of sp³-hybridized carbons (Fsp3) is 0.304. The molecule has 4 rings (SSSR count). The Labute approximate surface area is 190 Å². The first-order chi connectivity index (χ1) is 15.1. The molecule has 1 aliphatic rings. The molecule has 1 aliphatic heterocycles. The fourth-order valence-electron chi connectivity index (χ4n) is 3.55. The van der Waals surface area contributed by atoms with Gasteiger partial charge in [-0.2, -0.15) is 0 Å². The van der Waals surface area contributed by atoms with Crippen molar-refractivity contribution in [3.8, 4) is 0 Å². The third-order valence-corrected chi connectivity index (χ3v) is 6.88. The quantitative estimate of drug-likeness (QED) is 0.520. The Morgan fingerprint density at radius 1 is 1.03 bits per heavy atom. The van der Waals surface area contributed by atoms with Gasteiger partial charge in [-0.25, -0.2) is 0 Å². The number of halogens is 1. The zero-order valence-corrected chi connectivity index (χ0v) is 18.6. The molecule has 2 heterocycles. The molecule has 2 aromatic carbocycles. The van der Waals surface area contributed by atoms with E-state index in [1.54, 1.807) is 24.3 Å². The molecule has 1 saturated heterocycles. The van der Waals surface area contributed by atoms with Crippen LogP contribution in [-0.4, -0.2) is 56.1 Å². The highest BCUT2D eigenvalue weighted by Crippen LogP contribution is 2.35. The zero-order chi connectivity index (χ0) is 21.6. The first-order valence-electron chi connectivity index (χ1n) is 10.3. The van der Waals surface area contributed by atoms with E-state index in [4.69, 9.17) is 16.3 Å². The van der Waals surface area contributed by atoms with Gasteiger partial charge in [0.1, 0.15) is 4.88 Å². The van der Waals surface area contributed by atoms with Crippen LogP contribution in [0.2, 0.25) is 5.02 Å². The van der Waals surface area contributed by atoms with Crippen LogP contribution in [0.25, 0.3) is 10.1 Å².